The summed E-state index contributed by atoms with van der Waals surface area (Å²) in [5, 5.41) is 15.2. The highest BCUT2D eigenvalue weighted by Crippen LogP contribution is 2.28. The number of nitrogens with one attached hydrogen (secondary N) is 2. The van der Waals surface area contributed by atoms with E-state index in [0.29, 0.717) is 28.3 Å². The zero-order valence-corrected chi connectivity index (χ0v) is 17.8. The van der Waals surface area contributed by atoms with Gasteiger partial charge in [-0.15, -0.1) is 0 Å². The highest BCUT2D eigenvalue weighted by molar-refractivity contribution is 6.04. The van der Waals surface area contributed by atoms with Crippen LogP contribution in [-0.2, 0) is 15.0 Å². The number of ether oxygens (including phenoxy) is 1. The van der Waals surface area contributed by atoms with Gasteiger partial charge in [0.2, 0.25) is 5.91 Å². The molecule has 7 heteroatoms. The van der Waals surface area contributed by atoms with Crippen LogP contribution >= 0.6 is 0 Å². The van der Waals surface area contributed by atoms with Gasteiger partial charge in [-0.2, -0.15) is 0 Å². The second-order valence-electron chi connectivity index (χ2n) is 7.49. The fraction of sp³-hybridized carbons (Fsp3) is 0.160. The number of anilines is 2. The molecule has 0 aromatic heterocycles. The number of carbonyl (C=O) groups is 3. The van der Waals surface area contributed by atoms with Gasteiger partial charge >= 0.3 is 5.97 Å². The SMILES string of the molecule is COc1ccc(NC(=O)c2ccc(NC(=O)CC(C)(C(=O)O)c3ccccc3)cc2)cc1. The Labute approximate surface area is 186 Å². The molecule has 164 valence electrons. The molecule has 3 aromatic rings. The standard InChI is InChI=1S/C25H24N2O5/c1-25(24(30)31,18-6-4-3-5-7-18)16-22(28)26-19-10-8-17(9-11-19)23(29)27-20-12-14-21(32-2)15-13-20/h3-15H,16H2,1-2H3,(H,26,28)(H,27,29)(H,30,31). The Balaban J connectivity index is 1.63. The van der Waals surface area contributed by atoms with E-state index in [2.05, 4.69) is 10.6 Å². The van der Waals surface area contributed by atoms with Crippen molar-refractivity contribution < 1.29 is 24.2 Å². The third kappa shape index (κ3) is 5.31. The van der Waals surface area contributed by atoms with E-state index in [1.165, 1.54) is 6.92 Å². The van der Waals surface area contributed by atoms with Crippen molar-refractivity contribution in [1.29, 1.82) is 0 Å². The van der Waals surface area contributed by atoms with Gasteiger partial charge in [-0.3, -0.25) is 14.4 Å². The second kappa shape index (κ2) is 9.78. The van der Waals surface area contributed by atoms with Crippen LogP contribution in [0.3, 0.4) is 0 Å². The van der Waals surface area contributed by atoms with Crippen LogP contribution < -0.4 is 15.4 Å². The molecule has 0 saturated carbocycles. The molecule has 3 rings (SSSR count). The third-order valence-electron chi connectivity index (χ3n) is 5.18. The summed E-state index contributed by atoms with van der Waals surface area (Å²) in [5.74, 6) is -1.12. The Morgan fingerprint density at radius 3 is 1.97 bits per heavy atom. The predicted octanol–water partition coefficient (Wildman–Crippen LogP) is 4.32. The van der Waals surface area contributed by atoms with E-state index in [9.17, 15) is 19.5 Å². The molecule has 0 fully saturated rings. The normalized spacial score (nSPS) is 12.3. The molecule has 1 unspecified atom stereocenters. The van der Waals surface area contributed by atoms with E-state index in [-0.39, 0.29) is 12.3 Å². The summed E-state index contributed by atoms with van der Waals surface area (Å²) >= 11 is 0. The molecule has 0 aliphatic carbocycles. The molecule has 0 aliphatic rings. The lowest BCUT2D eigenvalue weighted by Gasteiger charge is -2.24. The van der Waals surface area contributed by atoms with E-state index in [1.807, 2.05) is 0 Å². The fourth-order valence-electron chi connectivity index (χ4n) is 3.22. The van der Waals surface area contributed by atoms with Crippen LogP contribution in [0.5, 0.6) is 5.75 Å². The summed E-state index contributed by atoms with van der Waals surface area (Å²) in [4.78, 5) is 36.9. The van der Waals surface area contributed by atoms with Crippen LogP contribution in [0.25, 0.3) is 0 Å². The highest BCUT2D eigenvalue weighted by atomic mass is 16.5. The lowest BCUT2D eigenvalue weighted by atomic mass is 9.79. The predicted molar refractivity (Wildman–Crippen MR) is 122 cm³/mol. The topological polar surface area (TPSA) is 105 Å². The number of carboxylic acid groups (broad SMARTS) is 1. The first-order valence-corrected chi connectivity index (χ1v) is 9.96. The molecule has 7 nitrogen and oxygen atoms in total. The number of amides is 2. The minimum absolute atomic E-state index is 0.230. The summed E-state index contributed by atoms with van der Waals surface area (Å²) < 4.78 is 5.09. The lowest BCUT2D eigenvalue weighted by molar-refractivity contribution is -0.145. The average molecular weight is 432 g/mol. The van der Waals surface area contributed by atoms with Gasteiger partial charge in [0.1, 0.15) is 5.75 Å². The average Bonchev–Trinajstić information content (AvgIpc) is 2.80. The van der Waals surface area contributed by atoms with Crippen molar-refractivity contribution in [2.24, 2.45) is 0 Å². The van der Waals surface area contributed by atoms with E-state index in [0.717, 1.165) is 0 Å². The minimum Gasteiger partial charge on any atom is -0.497 e. The highest BCUT2D eigenvalue weighted by Gasteiger charge is 2.37. The summed E-state index contributed by atoms with van der Waals surface area (Å²) in [6.07, 6.45) is -0.230. The van der Waals surface area contributed by atoms with Crippen molar-refractivity contribution in [3.8, 4) is 5.75 Å². The van der Waals surface area contributed by atoms with Gasteiger partial charge < -0.3 is 20.5 Å². The van der Waals surface area contributed by atoms with E-state index < -0.39 is 17.3 Å². The molecule has 3 N–H and O–H groups in total. The molecule has 2 amide bonds. The van der Waals surface area contributed by atoms with Crippen LogP contribution in [0.15, 0.2) is 78.9 Å². The van der Waals surface area contributed by atoms with E-state index in [1.54, 1.807) is 86.0 Å². The van der Waals surface area contributed by atoms with Crippen LogP contribution in [0.2, 0.25) is 0 Å². The maximum Gasteiger partial charge on any atom is 0.314 e. The summed E-state index contributed by atoms with van der Waals surface area (Å²) in [7, 11) is 1.57. The van der Waals surface area contributed by atoms with Crippen molar-refractivity contribution >= 4 is 29.2 Å². The van der Waals surface area contributed by atoms with Crippen LogP contribution in [-0.4, -0.2) is 30.0 Å². The Morgan fingerprint density at radius 2 is 1.41 bits per heavy atom. The first-order valence-electron chi connectivity index (χ1n) is 9.96. The zero-order valence-electron chi connectivity index (χ0n) is 17.8. The Hall–Kier alpha value is -4.13. The minimum atomic E-state index is -1.36. The van der Waals surface area contributed by atoms with Crippen LogP contribution in [0.4, 0.5) is 11.4 Å². The zero-order chi connectivity index (χ0) is 23.1. The molecule has 0 radical (unpaired) electrons. The molecule has 0 saturated heterocycles. The number of methoxy groups -OCH3 is 1. The molecular formula is C25H24N2O5. The van der Waals surface area contributed by atoms with Crippen molar-refractivity contribution in [3.63, 3.8) is 0 Å². The Bertz CT molecular complexity index is 1100. The van der Waals surface area contributed by atoms with Gasteiger partial charge in [-0.05, 0) is 61.0 Å². The van der Waals surface area contributed by atoms with Crippen molar-refractivity contribution in [3.05, 3.63) is 90.0 Å². The number of aliphatic carboxylic acids is 1. The largest absolute Gasteiger partial charge is 0.497 e. The second-order valence-corrected chi connectivity index (χ2v) is 7.49. The van der Waals surface area contributed by atoms with E-state index >= 15 is 0 Å². The summed E-state index contributed by atoms with van der Waals surface area (Å²) in [5.41, 5.74) is 0.703. The molecule has 0 aliphatic heterocycles. The first kappa shape index (κ1) is 22.6. The number of hydrogen-bond acceptors (Lipinski definition) is 4. The summed E-state index contributed by atoms with van der Waals surface area (Å²) in [6.45, 7) is 1.52. The smallest absolute Gasteiger partial charge is 0.314 e. The van der Waals surface area contributed by atoms with Gasteiger partial charge in [0.05, 0.1) is 12.5 Å². The maximum absolute atomic E-state index is 12.6. The third-order valence-corrected chi connectivity index (χ3v) is 5.18. The fourth-order valence-corrected chi connectivity index (χ4v) is 3.22. The number of carbonyl (C=O) groups excluding carboxylic acids is 2. The molecule has 0 heterocycles. The van der Waals surface area contributed by atoms with Crippen molar-refractivity contribution in [1.82, 2.24) is 0 Å². The van der Waals surface area contributed by atoms with Crippen LogP contribution in [0, 0.1) is 0 Å². The Morgan fingerprint density at radius 1 is 0.844 bits per heavy atom. The molecule has 3 aromatic carbocycles. The first-order chi connectivity index (χ1) is 15.3. The molecule has 1 atom stereocenters. The monoisotopic (exact) mass is 432 g/mol. The van der Waals surface area contributed by atoms with E-state index in [4.69, 9.17) is 4.74 Å². The number of rotatable bonds is 8. The lowest BCUT2D eigenvalue weighted by Crippen LogP contribution is -2.36. The van der Waals surface area contributed by atoms with Crippen LogP contribution in [0.1, 0.15) is 29.3 Å². The van der Waals surface area contributed by atoms with Crippen molar-refractivity contribution in [2.75, 3.05) is 17.7 Å². The van der Waals surface area contributed by atoms with Gasteiger partial charge in [0.25, 0.3) is 5.91 Å². The van der Waals surface area contributed by atoms with Gasteiger partial charge in [0.15, 0.2) is 0 Å². The van der Waals surface area contributed by atoms with Crippen molar-refractivity contribution in [2.45, 2.75) is 18.8 Å². The molecule has 0 spiro atoms. The Kier molecular flexibility index (Phi) is 6.90. The molecule has 32 heavy (non-hydrogen) atoms. The quantitative estimate of drug-likeness (QED) is 0.492. The summed E-state index contributed by atoms with van der Waals surface area (Å²) in [6, 6.07) is 22.0. The number of hydrogen-bond donors (Lipinski definition) is 3. The van der Waals surface area contributed by atoms with Gasteiger partial charge in [-0.1, -0.05) is 30.3 Å². The maximum atomic E-state index is 12.6. The van der Waals surface area contributed by atoms with Gasteiger partial charge in [-0.25, -0.2) is 0 Å². The number of benzene rings is 3. The van der Waals surface area contributed by atoms with Gasteiger partial charge in [0, 0.05) is 23.4 Å². The molecule has 0 bridgehead atoms. The number of carboxylic acids is 1. The molecular weight excluding hydrogens is 408 g/mol.